The first-order valence-electron chi connectivity index (χ1n) is 10.2. The topological polar surface area (TPSA) is 121 Å². The summed E-state index contributed by atoms with van der Waals surface area (Å²) >= 11 is 0. The maximum absolute atomic E-state index is 12.6. The van der Waals surface area contributed by atoms with E-state index in [9.17, 15) is 21.6 Å². The molecule has 0 atom stereocenters. The molecular formula is C20H33N3O5S2. The molecular weight excluding hydrogens is 426 g/mol. The Labute approximate surface area is 180 Å². The molecule has 1 aromatic carbocycles. The lowest BCUT2D eigenvalue weighted by atomic mass is 9.86. The van der Waals surface area contributed by atoms with E-state index in [1.807, 2.05) is 0 Å². The van der Waals surface area contributed by atoms with Crippen LogP contribution in [0, 0.1) is 5.92 Å². The third-order valence-corrected chi connectivity index (χ3v) is 9.28. The first-order chi connectivity index (χ1) is 13.7. The van der Waals surface area contributed by atoms with Crippen LogP contribution in [0.15, 0.2) is 24.3 Å². The van der Waals surface area contributed by atoms with E-state index in [4.69, 9.17) is 0 Å². The summed E-state index contributed by atoms with van der Waals surface area (Å²) < 4.78 is 52.7. The second-order valence-corrected chi connectivity index (χ2v) is 13.7. The summed E-state index contributed by atoms with van der Waals surface area (Å²) in [6, 6.07) is 6.39. The predicted octanol–water partition coefficient (Wildman–Crippen LogP) is 3.05. The summed E-state index contributed by atoms with van der Waals surface area (Å²) in [5, 5.41) is 2.38. The van der Waals surface area contributed by atoms with Gasteiger partial charge in [-0.2, -0.15) is 0 Å². The molecule has 0 unspecified atom stereocenters. The van der Waals surface area contributed by atoms with Crippen LogP contribution in [0.3, 0.4) is 0 Å². The Balaban J connectivity index is 1.89. The van der Waals surface area contributed by atoms with Crippen LogP contribution in [0.2, 0.25) is 0 Å². The minimum absolute atomic E-state index is 0.108. The molecule has 1 fully saturated rings. The molecule has 1 aliphatic carbocycles. The van der Waals surface area contributed by atoms with Crippen LogP contribution in [0.1, 0.15) is 60.3 Å². The molecule has 30 heavy (non-hydrogen) atoms. The van der Waals surface area contributed by atoms with Crippen molar-refractivity contribution in [2.75, 3.05) is 10.0 Å². The number of nitrogens with one attached hydrogen (secondary N) is 3. The molecule has 3 N–H and O–H groups in total. The zero-order valence-corrected chi connectivity index (χ0v) is 19.9. The van der Waals surface area contributed by atoms with Crippen molar-refractivity contribution in [1.82, 2.24) is 4.72 Å². The largest absolute Gasteiger partial charge is 0.326 e. The zero-order valence-electron chi connectivity index (χ0n) is 18.2. The molecule has 0 saturated heterocycles. The molecule has 1 saturated carbocycles. The Morgan fingerprint density at radius 3 is 1.90 bits per heavy atom. The lowest BCUT2D eigenvalue weighted by molar-refractivity contribution is -0.120. The van der Waals surface area contributed by atoms with Crippen LogP contribution < -0.4 is 14.8 Å². The molecule has 0 spiro atoms. The number of amides is 1. The van der Waals surface area contributed by atoms with E-state index in [0.717, 1.165) is 0 Å². The van der Waals surface area contributed by atoms with Gasteiger partial charge in [-0.25, -0.2) is 21.6 Å². The van der Waals surface area contributed by atoms with Crippen molar-refractivity contribution >= 4 is 37.3 Å². The molecule has 8 nitrogen and oxygen atoms in total. The molecule has 0 aromatic heterocycles. The molecule has 1 amide bonds. The third-order valence-electron chi connectivity index (χ3n) is 5.26. The number of sulfonamides is 2. The zero-order chi connectivity index (χ0) is 22.7. The average molecular weight is 460 g/mol. The molecule has 1 aromatic rings. The summed E-state index contributed by atoms with van der Waals surface area (Å²) in [5.74, 6) is -0.285. The summed E-state index contributed by atoms with van der Waals surface area (Å²) in [6.07, 6.45) is 2.47. The number of benzene rings is 1. The van der Waals surface area contributed by atoms with Gasteiger partial charge in [0.25, 0.3) is 0 Å². The quantitative estimate of drug-likeness (QED) is 0.579. The van der Waals surface area contributed by atoms with Crippen molar-refractivity contribution < 1.29 is 21.6 Å². The number of hydrogen-bond acceptors (Lipinski definition) is 5. The van der Waals surface area contributed by atoms with Crippen LogP contribution in [-0.2, 0) is 24.8 Å². The van der Waals surface area contributed by atoms with Gasteiger partial charge in [-0.15, -0.1) is 0 Å². The summed E-state index contributed by atoms with van der Waals surface area (Å²) in [5.41, 5.74) is 1.02. The average Bonchev–Trinajstić information content (AvgIpc) is 2.62. The van der Waals surface area contributed by atoms with E-state index in [0.29, 0.717) is 37.1 Å². The molecule has 1 aliphatic rings. The van der Waals surface area contributed by atoms with Gasteiger partial charge in [-0.3, -0.25) is 9.52 Å². The lowest BCUT2D eigenvalue weighted by Crippen LogP contribution is -2.42. The van der Waals surface area contributed by atoms with Gasteiger partial charge >= 0.3 is 0 Å². The van der Waals surface area contributed by atoms with Crippen molar-refractivity contribution in [2.24, 2.45) is 5.92 Å². The monoisotopic (exact) mass is 459 g/mol. The van der Waals surface area contributed by atoms with Crippen LogP contribution in [0.25, 0.3) is 0 Å². The lowest BCUT2D eigenvalue weighted by Gasteiger charge is -2.28. The van der Waals surface area contributed by atoms with E-state index < -0.39 is 30.0 Å². The van der Waals surface area contributed by atoms with E-state index >= 15 is 0 Å². The highest BCUT2D eigenvalue weighted by Gasteiger charge is 2.30. The molecule has 0 radical (unpaired) electrons. The molecule has 10 heteroatoms. The van der Waals surface area contributed by atoms with Crippen molar-refractivity contribution in [2.45, 2.75) is 76.3 Å². The Morgan fingerprint density at radius 1 is 0.933 bits per heavy atom. The molecule has 0 aliphatic heterocycles. The summed E-state index contributed by atoms with van der Waals surface area (Å²) in [7, 11) is -6.82. The van der Waals surface area contributed by atoms with E-state index in [-0.39, 0.29) is 17.9 Å². The highest BCUT2D eigenvalue weighted by Crippen LogP contribution is 2.27. The maximum Gasteiger partial charge on any atom is 0.237 e. The second kappa shape index (κ2) is 9.23. The van der Waals surface area contributed by atoms with Gasteiger partial charge in [-0.1, -0.05) is 0 Å². The first kappa shape index (κ1) is 24.6. The van der Waals surface area contributed by atoms with Gasteiger partial charge < -0.3 is 5.32 Å². The SMILES string of the molecule is CC(C)S(=O)(=O)N[C@H]1CC[C@H](C(=O)Nc2ccc(NS(=O)(=O)C(C)(C)C)cc2)CC1. The number of rotatable bonds is 7. The van der Waals surface area contributed by atoms with Gasteiger partial charge in [0.2, 0.25) is 26.0 Å². The van der Waals surface area contributed by atoms with Gasteiger partial charge in [-0.05, 0) is 84.6 Å². The second-order valence-electron chi connectivity index (χ2n) is 9.04. The Morgan fingerprint density at radius 2 is 1.43 bits per heavy atom. The molecule has 0 bridgehead atoms. The minimum Gasteiger partial charge on any atom is -0.326 e. The third kappa shape index (κ3) is 6.42. The molecule has 2 rings (SSSR count). The maximum atomic E-state index is 12.6. The molecule has 0 heterocycles. The van der Waals surface area contributed by atoms with Crippen LogP contribution in [0.4, 0.5) is 11.4 Å². The summed E-state index contributed by atoms with van der Waals surface area (Å²) in [6.45, 7) is 8.13. The normalized spacial score (nSPS) is 20.7. The van der Waals surface area contributed by atoms with E-state index in [2.05, 4.69) is 14.8 Å². The van der Waals surface area contributed by atoms with Gasteiger partial charge in [0.15, 0.2) is 0 Å². The first-order valence-corrected chi connectivity index (χ1v) is 13.2. The fourth-order valence-electron chi connectivity index (χ4n) is 3.02. The highest BCUT2D eigenvalue weighted by molar-refractivity contribution is 7.94. The Bertz CT molecular complexity index is 941. The summed E-state index contributed by atoms with van der Waals surface area (Å²) in [4.78, 5) is 12.6. The van der Waals surface area contributed by atoms with Crippen LogP contribution in [-0.4, -0.2) is 38.8 Å². The fraction of sp³-hybridized carbons (Fsp3) is 0.650. The minimum atomic E-state index is -3.51. The van der Waals surface area contributed by atoms with Crippen molar-refractivity contribution in [3.05, 3.63) is 24.3 Å². The standard InChI is InChI=1S/C20H33N3O5S2/c1-14(2)29(25,26)22-17-8-6-15(7-9-17)19(24)21-16-10-12-18(13-11-16)23-30(27,28)20(3,4)5/h10-15,17,22-23H,6-9H2,1-5H3,(H,21,24)/t15-,17-. The van der Waals surface area contributed by atoms with E-state index in [1.165, 1.54) is 0 Å². The number of carbonyl (C=O) groups excluding carboxylic acids is 1. The number of hydrogen-bond donors (Lipinski definition) is 3. The van der Waals surface area contributed by atoms with Crippen molar-refractivity contribution in [3.63, 3.8) is 0 Å². The van der Waals surface area contributed by atoms with Gasteiger partial charge in [0.05, 0.1) is 10.00 Å². The number of carbonyl (C=O) groups is 1. The van der Waals surface area contributed by atoms with E-state index in [1.54, 1.807) is 58.9 Å². The van der Waals surface area contributed by atoms with Gasteiger partial charge in [0, 0.05) is 23.3 Å². The predicted molar refractivity (Wildman–Crippen MR) is 120 cm³/mol. The van der Waals surface area contributed by atoms with Crippen molar-refractivity contribution in [1.29, 1.82) is 0 Å². The smallest absolute Gasteiger partial charge is 0.237 e. The number of anilines is 2. The van der Waals surface area contributed by atoms with Crippen molar-refractivity contribution in [3.8, 4) is 0 Å². The Hall–Kier alpha value is -1.65. The van der Waals surface area contributed by atoms with Crippen LogP contribution >= 0.6 is 0 Å². The highest BCUT2D eigenvalue weighted by atomic mass is 32.2. The Kier molecular flexibility index (Phi) is 7.58. The van der Waals surface area contributed by atoms with Crippen LogP contribution in [0.5, 0.6) is 0 Å². The fourth-order valence-corrected chi connectivity index (χ4v) is 4.74. The molecule has 170 valence electrons. The van der Waals surface area contributed by atoms with Gasteiger partial charge in [0.1, 0.15) is 0 Å².